The molecular weight excluding hydrogens is 285 g/mol. The van der Waals surface area contributed by atoms with Gasteiger partial charge < -0.3 is 0 Å². The summed E-state index contributed by atoms with van der Waals surface area (Å²) in [5.41, 5.74) is 1.78. The van der Waals surface area contributed by atoms with E-state index in [4.69, 9.17) is 23.2 Å². The van der Waals surface area contributed by atoms with Crippen molar-refractivity contribution >= 4 is 50.0 Å². The van der Waals surface area contributed by atoms with Crippen molar-refractivity contribution in [2.24, 2.45) is 0 Å². The molecule has 1 nitrogen and oxygen atoms in total. The molecule has 0 amide bonds. The fourth-order valence-electron chi connectivity index (χ4n) is 1.25. The van der Waals surface area contributed by atoms with Gasteiger partial charge in [-0.15, -0.1) is 0 Å². The first-order valence-electron chi connectivity index (χ1n) is 3.99. The normalized spacial score (nSPS) is 10.9. The largest absolute Gasteiger partial charge is 0.256 e. The molecule has 0 bridgehead atoms. The van der Waals surface area contributed by atoms with Crippen molar-refractivity contribution in [2.45, 2.75) is 6.92 Å². The zero-order valence-corrected chi connectivity index (χ0v) is 10.4. The molecule has 0 spiro atoms. The van der Waals surface area contributed by atoms with Crippen LogP contribution in [0, 0.1) is 6.92 Å². The topological polar surface area (TPSA) is 12.9 Å². The average molecular weight is 291 g/mol. The minimum Gasteiger partial charge on any atom is -0.256 e. The average Bonchev–Trinajstić information content (AvgIpc) is 2.15. The summed E-state index contributed by atoms with van der Waals surface area (Å²) >= 11 is 15.5. The number of nitrogens with zero attached hydrogens (tertiary/aromatic N) is 1. The molecule has 2 rings (SSSR count). The molecule has 0 saturated carbocycles. The molecule has 0 aliphatic rings. The predicted octanol–water partition coefficient (Wildman–Crippen LogP) is 4.61. The molecule has 72 valence electrons. The second kappa shape index (κ2) is 3.69. The molecule has 0 atom stereocenters. The van der Waals surface area contributed by atoms with Crippen LogP contribution in [-0.2, 0) is 0 Å². The van der Waals surface area contributed by atoms with E-state index in [0.29, 0.717) is 5.02 Å². The third-order valence-corrected chi connectivity index (χ3v) is 3.72. The van der Waals surface area contributed by atoms with E-state index in [0.717, 1.165) is 26.0 Å². The maximum atomic E-state index is 6.15. The Labute approximate surface area is 100 Å². The molecule has 4 heteroatoms. The van der Waals surface area contributed by atoms with Gasteiger partial charge in [-0.2, -0.15) is 0 Å². The molecule has 1 aromatic carbocycles. The maximum absolute atomic E-state index is 6.15. The lowest BCUT2D eigenvalue weighted by Crippen LogP contribution is -1.84. The van der Waals surface area contributed by atoms with Crippen LogP contribution in [0.1, 0.15) is 5.56 Å². The molecule has 0 saturated heterocycles. The minimum absolute atomic E-state index is 0.643. The van der Waals surface area contributed by atoms with Gasteiger partial charge in [0.05, 0.1) is 15.6 Å². The van der Waals surface area contributed by atoms with Gasteiger partial charge >= 0.3 is 0 Å². The van der Waals surface area contributed by atoms with Crippen LogP contribution in [0.2, 0.25) is 10.0 Å². The number of aromatic nitrogens is 1. The van der Waals surface area contributed by atoms with E-state index >= 15 is 0 Å². The van der Waals surface area contributed by atoms with Crippen molar-refractivity contribution in [1.29, 1.82) is 0 Å². The Hall–Kier alpha value is -0.310. The van der Waals surface area contributed by atoms with Crippen LogP contribution in [0.25, 0.3) is 10.9 Å². The Morgan fingerprint density at radius 2 is 2.00 bits per heavy atom. The zero-order chi connectivity index (χ0) is 10.3. The zero-order valence-electron chi connectivity index (χ0n) is 7.31. The number of aryl methyl sites for hydroxylation is 1. The van der Waals surface area contributed by atoms with Crippen LogP contribution in [-0.4, -0.2) is 4.98 Å². The molecule has 0 unspecified atom stereocenters. The van der Waals surface area contributed by atoms with Crippen LogP contribution in [0.5, 0.6) is 0 Å². The highest BCUT2D eigenvalue weighted by Gasteiger charge is 2.06. The molecule has 0 radical (unpaired) electrons. The first kappa shape index (κ1) is 10.2. The van der Waals surface area contributed by atoms with E-state index in [1.165, 1.54) is 0 Å². The van der Waals surface area contributed by atoms with Crippen LogP contribution < -0.4 is 0 Å². The molecule has 14 heavy (non-hydrogen) atoms. The first-order chi connectivity index (χ1) is 6.59. The van der Waals surface area contributed by atoms with Gasteiger partial charge in [0, 0.05) is 16.1 Å². The summed E-state index contributed by atoms with van der Waals surface area (Å²) in [6.45, 7) is 1.93. The molecule has 0 N–H and O–H groups in total. The summed E-state index contributed by atoms with van der Waals surface area (Å²) in [6.07, 6.45) is 1.74. The Balaban J connectivity index is 2.89. The van der Waals surface area contributed by atoms with Crippen LogP contribution in [0.4, 0.5) is 0 Å². The van der Waals surface area contributed by atoms with Crippen molar-refractivity contribution in [2.75, 3.05) is 0 Å². The Morgan fingerprint density at radius 1 is 1.29 bits per heavy atom. The second-order valence-corrected chi connectivity index (χ2v) is 4.68. The number of halogens is 3. The Kier molecular flexibility index (Phi) is 2.69. The molecule has 1 heterocycles. The van der Waals surface area contributed by atoms with Crippen molar-refractivity contribution < 1.29 is 0 Å². The van der Waals surface area contributed by atoms with Gasteiger partial charge in [-0.3, -0.25) is 4.98 Å². The van der Waals surface area contributed by atoms with Crippen molar-refractivity contribution in [3.63, 3.8) is 0 Å². The minimum atomic E-state index is 0.643. The summed E-state index contributed by atoms with van der Waals surface area (Å²) in [4.78, 5) is 4.25. The number of rotatable bonds is 0. The van der Waals surface area contributed by atoms with E-state index in [1.807, 2.05) is 13.0 Å². The third-order valence-electron chi connectivity index (χ3n) is 2.02. The van der Waals surface area contributed by atoms with E-state index in [1.54, 1.807) is 12.3 Å². The highest BCUT2D eigenvalue weighted by Crippen LogP contribution is 2.32. The quantitative estimate of drug-likeness (QED) is 0.690. The molecule has 0 aliphatic carbocycles. The van der Waals surface area contributed by atoms with Gasteiger partial charge in [0.2, 0.25) is 0 Å². The molecule has 1 aromatic heterocycles. The number of pyridine rings is 1. The third kappa shape index (κ3) is 1.62. The number of hydrogen-bond acceptors (Lipinski definition) is 1. The highest BCUT2D eigenvalue weighted by atomic mass is 79.9. The number of fused-ring (bicyclic) bond motifs is 1. The van der Waals surface area contributed by atoms with E-state index in [2.05, 4.69) is 20.9 Å². The molecular formula is C10H6BrCl2N. The fourth-order valence-corrected chi connectivity index (χ4v) is 1.96. The Morgan fingerprint density at radius 3 is 2.71 bits per heavy atom. The highest BCUT2D eigenvalue weighted by molar-refractivity contribution is 9.10. The SMILES string of the molecule is Cc1cnc2cc(Cl)c(Br)cc2c1Cl. The Bertz CT molecular complexity index is 511. The standard InChI is InChI=1S/C10H6BrCl2N/c1-5-4-14-9-3-8(12)7(11)2-6(9)10(5)13/h2-4H,1H3. The lowest BCUT2D eigenvalue weighted by molar-refractivity contribution is 1.33. The van der Waals surface area contributed by atoms with Crippen molar-refractivity contribution in [3.05, 3.63) is 38.4 Å². The van der Waals surface area contributed by atoms with Gasteiger partial charge in [0.15, 0.2) is 0 Å². The van der Waals surface area contributed by atoms with Gasteiger partial charge in [-0.05, 0) is 40.5 Å². The number of benzene rings is 1. The van der Waals surface area contributed by atoms with Gasteiger partial charge in [-0.1, -0.05) is 23.2 Å². The van der Waals surface area contributed by atoms with E-state index in [-0.39, 0.29) is 0 Å². The van der Waals surface area contributed by atoms with Crippen LogP contribution >= 0.6 is 39.1 Å². The lowest BCUT2D eigenvalue weighted by atomic mass is 10.2. The molecule has 2 aromatic rings. The summed E-state index contributed by atoms with van der Waals surface area (Å²) < 4.78 is 0.834. The first-order valence-corrected chi connectivity index (χ1v) is 5.54. The van der Waals surface area contributed by atoms with Gasteiger partial charge in [-0.25, -0.2) is 0 Å². The monoisotopic (exact) mass is 289 g/mol. The molecule has 0 fully saturated rings. The summed E-state index contributed by atoms with van der Waals surface area (Å²) in [6, 6.07) is 3.69. The number of hydrogen-bond donors (Lipinski definition) is 0. The van der Waals surface area contributed by atoms with Gasteiger partial charge in [0.25, 0.3) is 0 Å². The lowest BCUT2D eigenvalue weighted by Gasteiger charge is -2.04. The molecule has 0 aliphatic heterocycles. The fraction of sp³-hybridized carbons (Fsp3) is 0.100. The maximum Gasteiger partial charge on any atom is 0.0732 e. The van der Waals surface area contributed by atoms with Crippen LogP contribution in [0.15, 0.2) is 22.8 Å². The van der Waals surface area contributed by atoms with Crippen LogP contribution in [0.3, 0.4) is 0 Å². The van der Waals surface area contributed by atoms with E-state index < -0.39 is 0 Å². The van der Waals surface area contributed by atoms with Crippen molar-refractivity contribution in [3.8, 4) is 0 Å². The van der Waals surface area contributed by atoms with Crippen molar-refractivity contribution in [1.82, 2.24) is 4.98 Å². The van der Waals surface area contributed by atoms with Gasteiger partial charge in [0.1, 0.15) is 0 Å². The predicted molar refractivity (Wildman–Crippen MR) is 64.2 cm³/mol. The summed E-state index contributed by atoms with van der Waals surface area (Å²) in [7, 11) is 0. The van der Waals surface area contributed by atoms with E-state index in [9.17, 15) is 0 Å². The summed E-state index contributed by atoms with van der Waals surface area (Å²) in [5.74, 6) is 0. The second-order valence-electron chi connectivity index (χ2n) is 3.04. The summed E-state index contributed by atoms with van der Waals surface area (Å²) in [5, 5.41) is 2.29. The smallest absolute Gasteiger partial charge is 0.0732 e.